The molecular formula is C14H19F3N2. The highest BCUT2D eigenvalue weighted by molar-refractivity contribution is 5.31. The van der Waals surface area contributed by atoms with Gasteiger partial charge in [0, 0.05) is 6.42 Å². The lowest BCUT2D eigenvalue weighted by molar-refractivity contribution is -0.138. The van der Waals surface area contributed by atoms with E-state index in [2.05, 4.69) is 4.90 Å². The summed E-state index contributed by atoms with van der Waals surface area (Å²) in [6.45, 7) is 3.54. The third-order valence-electron chi connectivity index (χ3n) is 3.70. The molecule has 1 saturated heterocycles. The number of nitrogens with two attached hydrogens (primary N) is 1. The highest BCUT2D eigenvalue weighted by Crippen LogP contribution is 2.33. The van der Waals surface area contributed by atoms with E-state index >= 15 is 0 Å². The molecule has 2 rings (SSSR count). The Balaban J connectivity index is 2.23. The first-order chi connectivity index (χ1) is 8.81. The Morgan fingerprint density at radius 3 is 2.32 bits per heavy atom. The zero-order valence-corrected chi connectivity index (χ0v) is 11.0. The third kappa shape index (κ3) is 3.28. The van der Waals surface area contributed by atoms with E-state index in [9.17, 15) is 13.2 Å². The van der Waals surface area contributed by atoms with E-state index in [1.165, 1.54) is 12.1 Å². The Hall–Kier alpha value is -1.07. The second-order valence-corrected chi connectivity index (χ2v) is 5.38. The summed E-state index contributed by atoms with van der Waals surface area (Å²) in [5.74, 6) is 0. The van der Waals surface area contributed by atoms with Gasteiger partial charge >= 0.3 is 6.18 Å². The number of likely N-dealkylation sites (tertiary alicyclic amines) is 1. The van der Waals surface area contributed by atoms with Crippen LogP contribution in [0.3, 0.4) is 0 Å². The number of benzene rings is 1. The van der Waals surface area contributed by atoms with Crippen molar-refractivity contribution in [2.45, 2.75) is 38.0 Å². The Bertz CT molecular complexity index is 435. The van der Waals surface area contributed by atoms with E-state index in [4.69, 9.17) is 5.73 Å². The summed E-state index contributed by atoms with van der Waals surface area (Å²) < 4.78 is 38.8. The molecule has 1 aliphatic heterocycles. The van der Waals surface area contributed by atoms with Crippen LogP contribution in [0.25, 0.3) is 0 Å². The molecule has 0 aliphatic carbocycles. The van der Waals surface area contributed by atoms with Gasteiger partial charge in [-0.05, 0) is 44.5 Å². The van der Waals surface area contributed by atoms with Gasteiger partial charge in [0.25, 0.3) is 0 Å². The monoisotopic (exact) mass is 272 g/mol. The predicted molar refractivity (Wildman–Crippen MR) is 68.5 cm³/mol. The Labute approximate surface area is 111 Å². The zero-order valence-electron chi connectivity index (χ0n) is 11.0. The van der Waals surface area contributed by atoms with Crippen LogP contribution in [0.1, 0.15) is 30.9 Å². The second-order valence-electron chi connectivity index (χ2n) is 5.38. The maximum Gasteiger partial charge on any atom is 0.416 e. The summed E-state index contributed by atoms with van der Waals surface area (Å²) in [5, 5.41) is 0. The molecule has 19 heavy (non-hydrogen) atoms. The molecule has 1 heterocycles. The van der Waals surface area contributed by atoms with Crippen molar-refractivity contribution in [2.24, 2.45) is 5.73 Å². The summed E-state index contributed by atoms with van der Waals surface area (Å²) in [6, 6.07) is 5.68. The zero-order chi connectivity index (χ0) is 14.1. The lowest BCUT2D eigenvalue weighted by Crippen LogP contribution is -2.54. The fourth-order valence-electron chi connectivity index (χ4n) is 2.68. The second kappa shape index (κ2) is 5.13. The van der Waals surface area contributed by atoms with Crippen molar-refractivity contribution in [1.82, 2.24) is 4.90 Å². The molecule has 1 aliphatic rings. The van der Waals surface area contributed by atoms with E-state index in [1.54, 1.807) is 6.07 Å². The number of hydrogen-bond donors (Lipinski definition) is 1. The lowest BCUT2D eigenvalue weighted by atomic mass is 9.96. The van der Waals surface area contributed by atoms with E-state index in [1.807, 2.05) is 6.92 Å². The van der Waals surface area contributed by atoms with Crippen molar-refractivity contribution in [3.63, 3.8) is 0 Å². The van der Waals surface area contributed by atoms with Crippen molar-refractivity contribution in [1.29, 1.82) is 0 Å². The Kier molecular flexibility index (Phi) is 3.87. The van der Waals surface area contributed by atoms with Gasteiger partial charge in [0.15, 0.2) is 0 Å². The largest absolute Gasteiger partial charge is 0.416 e. The first kappa shape index (κ1) is 14.3. The van der Waals surface area contributed by atoms with Gasteiger partial charge in [-0.1, -0.05) is 18.2 Å². The molecule has 2 nitrogen and oxygen atoms in total. The van der Waals surface area contributed by atoms with Crippen molar-refractivity contribution in [3.8, 4) is 0 Å². The molecule has 0 aromatic heterocycles. The fourth-order valence-corrected chi connectivity index (χ4v) is 2.68. The SMILES string of the molecule is CC(N)(Cc1ccccc1C(F)(F)F)N1CCCC1. The molecule has 2 N–H and O–H groups in total. The van der Waals surface area contributed by atoms with Crippen molar-refractivity contribution in [3.05, 3.63) is 35.4 Å². The number of hydrogen-bond acceptors (Lipinski definition) is 2. The van der Waals surface area contributed by atoms with Crippen LogP contribution in [0, 0.1) is 0 Å². The minimum absolute atomic E-state index is 0.211. The molecule has 0 radical (unpaired) electrons. The van der Waals surface area contributed by atoms with Crippen LogP contribution in [-0.4, -0.2) is 23.7 Å². The molecule has 1 fully saturated rings. The topological polar surface area (TPSA) is 29.3 Å². The van der Waals surface area contributed by atoms with Gasteiger partial charge in [0.2, 0.25) is 0 Å². The van der Waals surface area contributed by atoms with E-state index in [0.717, 1.165) is 32.0 Å². The van der Waals surface area contributed by atoms with Gasteiger partial charge < -0.3 is 5.73 Å². The maximum absolute atomic E-state index is 12.9. The summed E-state index contributed by atoms with van der Waals surface area (Å²) in [5.41, 5.74) is 5.19. The quantitative estimate of drug-likeness (QED) is 0.916. The predicted octanol–water partition coefficient (Wildman–Crippen LogP) is 3.02. The highest BCUT2D eigenvalue weighted by Gasteiger charge is 2.36. The van der Waals surface area contributed by atoms with E-state index in [-0.39, 0.29) is 12.0 Å². The van der Waals surface area contributed by atoms with Crippen LogP contribution in [-0.2, 0) is 12.6 Å². The van der Waals surface area contributed by atoms with Crippen LogP contribution in [0.5, 0.6) is 0 Å². The van der Waals surface area contributed by atoms with Gasteiger partial charge in [-0.2, -0.15) is 13.2 Å². The number of halogens is 3. The number of alkyl halides is 3. The van der Waals surface area contributed by atoms with Gasteiger partial charge in [-0.15, -0.1) is 0 Å². The van der Waals surface area contributed by atoms with Crippen molar-refractivity contribution >= 4 is 0 Å². The minimum Gasteiger partial charge on any atom is -0.313 e. The first-order valence-corrected chi connectivity index (χ1v) is 6.50. The number of rotatable bonds is 3. The van der Waals surface area contributed by atoms with E-state index in [0.29, 0.717) is 0 Å². The summed E-state index contributed by atoms with van der Waals surface area (Å²) in [6.07, 6.45) is -1.98. The van der Waals surface area contributed by atoms with Crippen LogP contribution < -0.4 is 5.73 Å². The standard InChI is InChI=1S/C14H19F3N2/c1-13(18,19-8-4-5-9-19)10-11-6-2-3-7-12(11)14(15,16)17/h2-3,6-7H,4-5,8-10,18H2,1H3. The average Bonchev–Trinajstić information content (AvgIpc) is 2.81. The summed E-state index contributed by atoms with van der Waals surface area (Å²) in [4.78, 5) is 2.07. The maximum atomic E-state index is 12.9. The third-order valence-corrected chi connectivity index (χ3v) is 3.70. The van der Waals surface area contributed by atoms with Crippen LogP contribution in [0.4, 0.5) is 13.2 Å². The molecule has 1 aromatic rings. The minimum atomic E-state index is -4.32. The normalized spacial score (nSPS) is 20.5. The highest BCUT2D eigenvalue weighted by atomic mass is 19.4. The molecule has 1 unspecified atom stereocenters. The molecule has 5 heteroatoms. The Morgan fingerprint density at radius 2 is 1.74 bits per heavy atom. The van der Waals surface area contributed by atoms with Crippen LogP contribution in [0.2, 0.25) is 0 Å². The molecule has 0 bridgehead atoms. The molecule has 0 spiro atoms. The summed E-state index contributed by atoms with van der Waals surface area (Å²) >= 11 is 0. The van der Waals surface area contributed by atoms with Crippen LogP contribution >= 0.6 is 0 Å². The van der Waals surface area contributed by atoms with Gasteiger partial charge in [0.1, 0.15) is 0 Å². The smallest absolute Gasteiger partial charge is 0.313 e. The van der Waals surface area contributed by atoms with Crippen LogP contribution in [0.15, 0.2) is 24.3 Å². The molecular weight excluding hydrogens is 253 g/mol. The molecule has 0 saturated carbocycles. The molecule has 106 valence electrons. The van der Waals surface area contributed by atoms with Gasteiger partial charge in [0.05, 0.1) is 11.2 Å². The van der Waals surface area contributed by atoms with Gasteiger partial charge in [-0.25, -0.2) is 0 Å². The molecule has 0 amide bonds. The first-order valence-electron chi connectivity index (χ1n) is 6.50. The van der Waals surface area contributed by atoms with Crippen molar-refractivity contribution < 1.29 is 13.2 Å². The van der Waals surface area contributed by atoms with Gasteiger partial charge in [-0.3, -0.25) is 4.90 Å². The fraction of sp³-hybridized carbons (Fsp3) is 0.571. The molecule has 1 atom stereocenters. The Morgan fingerprint density at radius 1 is 1.16 bits per heavy atom. The van der Waals surface area contributed by atoms with E-state index < -0.39 is 17.4 Å². The lowest BCUT2D eigenvalue weighted by Gasteiger charge is -2.35. The average molecular weight is 272 g/mol. The number of nitrogens with zero attached hydrogens (tertiary/aromatic N) is 1. The van der Waals surface area contributed by atoms with Crippen molar-refractivity contribution in [2.75, 3.05) is 13.1 Å². The molecule has 1 aromatic carbocycles. The summed E-state index contributed by atoms with van der Waals surface area (Å²) in [7, 11) is 0.